The number of esters is 1. The average molecular weight is 772 g/mol. The van der Waals surface area contributed by atoms with E-state index in [4.69, 9.17) is 13.8 Å². The molecule has 0 fully saturated rings. The van der Waals surface area contributed by atoms with Crippen LogP contribution in [0.2, 0.25) is 0 Å². The summed E-state index contributed by atoms with van der Waals surface area (Å²) in [6.07, 6.45) is 37.4. The summed E-state index contributed by atoms with van der Waals surface area (Å²) < 4.78 is 26.8. The standard InChI is InChI=1S/C41H74NO10P/c1-3-5-7-9-11-13-15-17-18-19-20-21-22-24-26-28-30-32-39(44)42-38(41(46)47)36-52-53(48,49)51-35-37(43)34-50-40(45)33-31-29-27-25-23-16-14-12-10-8-6-4-2/h5,7,11,13,17-18,37-38,43H,3-4,6,8-10,12,14-16,19-36H2,1-2H3,(H,42,44)(H,46,47)(H,48,49)/b7-5-,13-11-,18-17-. The predicted octanol–water partition coefficient (Wildman–Crippen LogP) is 10.1. The maximum absolute atomic E-state index is 12.3. The van der Waals surface area contributed by atoms with E-state index >= 15 is 0 Å². The molecule has 0 aliphatic rings. The van der Waals surface area contributed by atoms with Crippen molar-refractivity contribution < 1.29 is 47.8 Å². The van der Waals surface area contributed by atoms with Gasteiger partial charge in [0.05, 0.1) is 13.2 Å². The normalized spacial score (nSPS) is 14.2. The molecule has 0 bridgehead atoms. The quantitative estimate of drug-likeness (QED) is 0.0205. The molecule has 0 aromatic rings. The van der Waals surface area contributed by atoms with Gasteiger partial charge in [0.25, 0.3) is 0 Å². The number of carboxylic acids is 1. The van der Waals surface area contributed by atoms with E-state index in [1.54, 1.807) is 0 Å². The number of aliphatic hydroxyl groups excluding tert-OH is 1. The Morgan fingerprint density at radius 3 is 1.64 bits per heavy atom. The average Bonchev–Trinajstić information content (AvgIpc) is 3.13. The molecule has 308 valence electrons. The van der Waals surface area contributed by atoms with Crippen molar-refractivity contribution in [1.29, 1.82) is 0 Å². The first-order chi connectivity index (χ1) is 25.6. The Kier molecular flexibility index (Phi) is 35.1. The topological polar surface area (TPSA) is 169 Å². The summed E-state index contributed by atoms with van der Waals surface area (Å²) in [6, 6.07) is -1.55. The third-order valence-corrected chi connectivity index (χ3v) is 9.64. The number of allylic oxidation sites excluding steroid dienone is 6. The molecule has 1 amide bonds. The molecule has 0 rings (SSSR count). The van der Waals surface area contributed by atoms with E-state index in [-0.39, 0.29) is 12.8 Å². The van der Waals surface area contributed by atoms with Crippen LogP contribution in [0.3, 0.4) is 0 Å². The van der Waals surface area contributed by atoms with Crippen LogP contribution in [0.1, 0.15) is 174 Å². The number of carbonyl (C=O) groups excluding carboxylic acids is 2. The van der Waals surface area contributed by atoms with E-state index in [1.807, 2.05) is 0 Å². The van der Waals surface area contributed by atoms with Crippen molar-refractivity contribution in [1.82, 2.24) is 5.32 Å². The summed E-state index contributed by atoms with van der Waals surface area (Å²) in [5.74, 6) is -2.39. The van der Waals surface area contributed by atoms with Gasteiger partial charge in [0, 0.05) is 12.8 Å². The van der Waals surface area contributed by atoms with Gasteiger partial charge in [-0.1, -0.05) is 153 Å². The fourth-order valence-corrected chi connectivity index (χ4v) is 6.28. The Morgan fingerprint density at radius 1 is 0.623 bits per heavy atom. The van der Waals surface area contributed by atoms with Crippen molar-refractivity contribution in [2.75, 3.05) is 19.8 Å². The number of aliphatic hydroxyl groups is 1. The largest absolute Gasteiger partial charge is 0.480 e. The minimum absolute atomic E-state index is 0.134. The van der Waals surface area contributed by atoms with E-state index in [9.17, 15) is 34.1 Å². The van der Waals surface area contributed by atoms with Crippen molar-refractivity contribution in [2.45, 2.75) is 187 Å². The van der Waals surface area contributed by atoms with Crippen LogP contribution >= 0.6 is 7.82 Å². The van der Waals surface area contributed by atoms with Crippen LogP contribution in [-0.2, 0) is 32.7 Å². The zero-order valence-corrected chi connectivity index (χ0v) is 34.0. The van der Waals surface area contributed by atoms with Gasteiger partial charge >= 0.3 is 19.8 Å². The molecule has 3 unspecified atom stereocenters. The van der Waals surface area contributed by atoms with Crippen LogP contribution in [-0.4, -0.2) is 64.9 Å². The fraction of sp³-hybridized carbons (Fsp3) is 0.780. The number of phosphoric ester groups is 1. The highest BCUT2D eigenvalue weighted by Crippen LogP contribution is 2.43. The molecular weight excluding hydrogens is 697 g/mol. The summed E-state index contributed by atoms with van der Waals surface area (Å²) in [5.41, 5.74) is 0. The molecule has 0 heterocycles. The van der Waals surface area contributed by atoms with Crippen LogP contribution in [0.25, 0.3) is 0 Å². The van der Waals surface area contributed by atoms with Crippen molar-refractivity contribution in [3.8, 4) is 0 Å². The van der Waals surface area contributed by atoms with Gasteiger partial charge in [-0.2, -0.15) is 0 Å². The summed E-state index contributed by atoms with van der Waals surface area (Å²) in [5, 5.41) is 21.8. The lowest BCUT2D eigenvalue weighted by Gasteiger charge is -2.18. The van der Waals surface area contributed by atoms with E-state index < -0.39 is 57.6 Å². The zero-order valence-electron chi connectivity index (χ0n) is 33.1. The monoisotopic (exact) mass is 772 g/mol. The molecule has 0 aromatic carbocycles. The van der Waals surface area contributed by atoms with Crippen molar-refractivity contribution >= 4 is 25.7 Å². The second-order valence-corrected chi connectivity index (χ2v) is 15.3. The van der Waals surface area contributed by atoms with E-state index in [0.717, 1.165) is 83.5 Å². The van der Waals surface area contributed by atoms with Crippen molar-refractivity contribution in [3.63, 3.8) is 0 Å². The van der Waals surface area contributed by atoms with Crippen molar-refractivity contribution in [3.05, 3.63) is 36.5 Å². The maximum atomic E-state index is 12.3. The first kappa shape index (κ1) is 50.7. The van der Waals surface area contributed by atoms with E-state index in [0.29, 0.717) is 12.8 Å². The van der Waals surface area contributed by atoms with Gasteiger partial charge < -0.3 is 25.2 Å². The molecule has 0 saturated heterocycles. The highest BCUT2D eigenvalue weighted by Gasteiger charge is 2.28. The van der Waals surface area contributed by atoms with E-state index in [2.05, 4.69) is 55.6 Å². The lowest BCUT2D eigenvalue weighted by molar-refractivity contribution is -0.147. The van der Waals surface area contributed by atoms with Gasteiger partial charge in [-0.05, 0) is 44.9 Å². The fourth-order valence-electron chi connectivity index (χ4n) is 5.51. The molecule has 0 spiro atoms. The van der Waals surface area contributed by atoms with E-state index in [1.165, 1.54) is 51.4 Å². The first-order valence-electron chi connectivity index (χ1n) is 20.5. The molecule has 0 aromatic heterocycles. The van der Waals surface area contributed by atoms with Crippen LogP contribution in [0.4, 0.5) is 0 Å². The number of rotatable bonds is 38. The lowest BCUT2D eigenvalue weighted by atomic mass is 10.0. The number of ether oxygens (including phenoxy) is 1. The van der Waals surface area contributed by atoms with Crippen LogP contribution < -0.4 is 5.32 Å². The Labute approximate surface area is 321 Å². The smallest absolute Gasteiger partial charge is 0.472 e. The molecule has 12 heteroatoms. The van der Waals surface area contributed by atoms with Crippen LogP contribution in [0.15, 0.2) is 36.5 Å². The molecule has 11 nitrogen and oxygen atoms in total. The highest BCUT2D eigenvalue weighted by atomic mass is 31.2. The molecule has 0 radical (unpaired) electrons. The van der Waals surface area contributed by atoms with Gasteiger partial charge in [0.1, 0.15) is 12.7 Å². The number of carboxylic acid groups (broad SMARTS) is 1. The second-order valence-electron chi connectivity index (χ2n) is 13.8. The SMILES string of the molecule is CC/C=C\C/C=C\C/C=C\CCCCCCCCCC(=O)NC(COP(=O)(O)OCC(O)COC(=O)CCCCCCCCCCCCCC)C(=O)O. The minimum atomic E-state index is -4.75. The van der Waals surface area contributed by atoms with Crippen LogP contribution in [0.5, 0.6) is 0 Å². The van der Waals surface area contributed by atoms with Gasteiger partial charge in [-0.15, -0.1) is 0 Å². The number of nitrogens with one attached hydrogen (secondary N) is 1. The Bertz CT molecular complexity index is 1050. The summed E-state index contributed by atoms with van der Waals surface area (Å²) in [7, 11) is -4.75. The lowest BCUT2D eigenvalue weighted by Crippen LogP contribution is -2.43. The second kappa shape index (κ2) is 36.7. The summed E-state index contributed by atoms with van der Waals surface area (Å²) >= 11 is 0. The molecule has 4 N–H and O–H groups in total. The Morgan fingerprint density at radius 2 is 1.09 bits per heavy atom. The first-order valence-corrected chi connectivity index (χ1v) is 22.0. The number of aliphatic carboxylic acids is 1. The van der Waals surface area contributed by atoms with Gasteiger partial charge in [-0.25, -0.2) is 9.36 Å². The maximum Gasteiger partial charge on any atom is 0.472 e. The molecular formula is C41H74NO10P. The van der Waals surface area contributed by atoms with Gasteiger partial charge in [-0.3, -0.25) is 18.6 Å². The van der Waals surface area contributed by atoms with Crippen molar-refractivity contribution in [2.24, 2.45) is 0 Å². The number of hydrogen-bond acceptors (Lipinski definition) is 8. The van der Waals surface area contributed by atoms with Gasteiger partial charge in [0.2, 0.25) is 5.91 Å². The number of amides is 1. The molecule has 53 heavy (non-hydrogen) atoms. The Hall–Kier alpha value is -2.30. The molecule has 0 saturated carbocycles. The number of phosphoric acid groups is 1. The summed E-state index contributed by atoms with van der Waals surface area (Å²) in [6.45, 7) is 2.46. The Balaban J connectivity index is 3.95. The minimum Gasteiger partial charge on any atom is -0.480 e. The van der Waals surface area contributed by atoms with Crippen LogP contribution in [0, 0.1) is 0 Å². The number of hydrogen-bond donors (Lipinski definition) is 4. The zero-order chi connectivity index (χ0) is 39.3. The third-order valence-electron chi connectivity index (χ3n) is 8.69. The highest BCUT2D eigenvalue weighted by molar-refractivity contribution is 7.47. The molecule has 0 aliphatic heterocycles. The molecule has 3 atom stereocenters. The third kappa shape index (κ3) is 36.4. The predicted molar refractivity (Wildman–Crippen MR) is 212 cm³/mol. The number of unbranched alkanes of at least 4 members (excludes halogenated alkanes) is 18. The summed E-state index contributed by atoms with van der Waals surface area (Å²) in [4.78, 5) is 45.8. The number of carbonyl (C=O) groups is 3. The molecule has 0 aliphatic carbocycles. The van der Waals surface area contributed by atoms with Gasteiger partial charge in [0.15, 0.2) is 6.04 Å².